The number of hydrogen-bond donors (Lipinski definition) is 3. The van der Waals surface area contributed by atoms with Crippen LogP contribution in [0.25, 0.3) is 11.1 Å². The van der Waals surface area contributed by atoms with Gasteiger partial charge in [-0.05, 0) is 86.6 Å². The van der Waals surface area contributed by atoms with Gasteiger partial charge in [-0.15, -0.1) is 0 Å². The van der Waals surface area contributed by atoms with Crippen LogP contribution in [0.3, 0.4) is 0 Å². The first-order valence-corrected chi connectivity index (χ1v) is 20.5. The lowest BCUT2D eigenvalue weighted by Gasteiger charge is -2.62. The zero-order chi connectivity index (χ0) is 39.0. The van der Waals surface area contributed by atoms with E-state index in [-0.39, 0.29) is 46.7 Å². The Kier molecular flexibility index (Phi) is 12.5. The molecule has 2 aromatic rings. The van der Waals surface area contributed by atoms with Gasteiger partial charge in [-0.2, -0.15) is 17.9 Å². The Morgan fingerprint density at radius 2 is 1.89 bits per heavy atom. The molecule has 1 heterocycles. The summed E-state index contributed by atoms with van der Waals surface area (Å²) >= 11 is 0. The highest BCUT2D eigenvalue weighted by atomic mass is 32.2. The SMILES string of the molecule is COc1c(CN2O[C@@H](CO)[C@@H]([C@H](C)O)[C@H]2C(=O)N[C@H]2C[C@H]3C[C@@H]([C@@H]2C)C3(C)C)cccc1-c1cccc(S(=O)(=O)/N=C\C(CN(C)C)CC(C)(C)C)c1. The van der Waals surface area contributed by atoms with Crippen molar-refractivity contribution in [2.24, 2.45) is 44.8 Å². The molecule has 3 aliphatic carbocycles. The van der Waals surface area contributed by atoms with Gasteiger partial charge in [-0.3, -0.25) is 9.63 Å². The normalized spacial score (nSPS) is 28.5. The Morgan fingerprint density at radius 3 is 2.47 bits per heavy atom. The molecule has 3 N–H and O–H groups in total. The molecule has 12 heteroatoms. The average Bonchev–Trinajstić information content (AvgIpc) is 3.45. The number of carbonyl (C=O) groups is 1. The molecule has 4 aliphatic rings. The number of carbonyl (C=O) groups excluding carboxylic acids is 1. The fourth-order valence-electron chi connectivity index (χ4n) is 9.30. The number of nitrogens with zero attached hydrogens (tertiary/aromatic N) is 3. The number of aliphatic hydroxyl groups is 2. The van der Waals surface area contributed by atoms with Crippen molar-refractivity contribution in [3.63, 3.8) is 0 Å². The highest BCUT2D eigenvalue weighted by Crippen LogP contribution is 2.61. The smallest absolute Gasteiger partial charge is 0.281 e. The number of hydrogen-bond acceptors (Lipinski definition) is 9. The summed E-state index contributed by atoms with van der Waals surface area (Å²) in [6.07, 6.45) is 2.75. The van der Waals surface area contributed by atoms with Crippen LogP contribution in [0.15, 0.2) is 51.8 Å². The number of rotatable bonds is 14. The second-order valence-corrected chi connectivity index (χ2v) is 19.4. The third-order valence-electron chi connectivity index (χ3n) is 12.0. The van der Waals surface area contributed by atoms with Gasteiger partial charge in [0.2, 0.25) is 5.91 Å². The molecule has 294 valence electrons. The Labute approximate surface area is 317 Å². The summed E-state index contributed by atoms with van der Waals surface area (Å²) in [5, 5.41) is 26.1. The van der Waals surface area contributed by atoms with Crippen molar-refractivity contribution in [3.05, 3.63) is 48.0 Å². The summed E-state index contributed by atoms with van der Waals surface area (Å²) in [5.74, 6) is 0.978. The van der Waals surface area contributed by atoms with Crippen LogP contribution in [-0.2, 0) is 26.2 Å². The predicted octanol–water partition coefficient (Wildman–Crippen LogP) is 5.40. The summed E-state index contributed by atoms with van der Waals surface area (Å²) in [5.41, 5.74) is 2.25. The molecule has 1 aliphatic heterocycles. The number of sulfonamides is 1. The molecule has 0 aromatic heterocycles. The Bertz CT molecular complexity index is 1740. The largest absolute Gasteiger partial charge is 0.496 e. The van der Waals surface area contributed by atoms with Crippen molar-refractivity contribution >= 4 is 22.1 Å². The molecule has 1 unspecified atom stereocenters. The van der Waals surface area contributed by atoms with Crippen molar-refractivity contribution in [2.45, 2.75) is 103 Å². The summed E-state index contributed by atoms with van der Waals surface area (Å²) in [4.78, 5) is 22.5. The van der Waals surface area contributed by atoms with E-state index in [9.17, 15) is 23.4 Å². The van der Waals surface area contributed by atoms with Crippen LogP contribution in [-0.4, -0.2) is 99.4 Å². The van der Waals surface area contributed by atoms with E-state index in [0.29, 0.717) is 46.7 Å². The maximum Gasteiger partial charge on any atom is 0.281 e. The van der Waals surface area contributed by atoms with Crippen molar-refractivity contribution in [2.75, 3.05) is 34.4 Å². The van der Waals surface area contributed by atoms with Gasteiger partial charge in [0.15, 0.2) is 0 Å². The van der Waals surface area contributed by atoms with E-state index in [0.717, 1.165) is 12.8 Å². The topological polar surface area (TPSA) is 141 Å². The molecular weight excluding hydrogens is 693 g/mol. The van der Waals surface area contributed by atoms with Gasteiger partial charge in [0, 0.05) is 41.8 Å². The molecule has 0 radical (unpaired) electrons. The van der Waals surface area contributed by atoms with Gasteiger partial charge in [0.05, 0.1) is 31.3 Å². The van der Waals surface area contributed by atoms with Crippen LogP contribution in [0.2, 0.25) is 0 Å². The molecule has 2 aromatic carbocycles. The zero-order valence-electron chi connectivity index (χ0n) is 33.2. The highest BCUT2D eigenvalue weighted by Gasteiger charge is 2.57. The van der Waals surface area contributed by atoms with Crippen LogP contribution in [0.4, 0.5) is 0 Å². The summed E-state index contributed by atoms with van der Waals surface area (Å²) < 4.78 is 37.2. The maximum atomic E-state index is 14.2. The monoisotopic (exact) mass is 754 g/mol. The number of ether oxygens (including phenoxy) is 1. The molecule has 9 atom stereocenters. The highest BCUT2D eigenvalue weighted by molar-refractivity contribution is 7.90. The minimum atomic E-state index is -4.00. The van der Waals surface area contributed by atoms with E-state index in [1.807, 2.05) is 43.3 Å². The quantitative estimate of drug-likeness (QED) is 0.217. The van der Waals surface area contributed by atoms with Crippen molar-refractivity contribution in [1.29, 1.82) is 0 Å². The van der Waals surface area contributed by atoms with Crippen molar-refractivity contribution in [3.8, 4) is 16.9 Å². The van der Waals surface area contributed by atoms with E-state index in [1.54, 1.807) is 43.5 Å². The minimum absolute atomic E-state index is 0.00378. The fourth-order valence-corrected chi connectivity index (χ4v) is 10.3. The fraction of sp³-hybridized carbons (Fsp3) is 0.659. The van der Waals surface area contributed by atoms with Gasteiger partial charge in [-0.1, -0.05) is 71.9 Å². The van der Waals surface area contributed by atoms with Gasteiger partial charge in [0.1, 0.15) is 17.9 Å². The first-order chi connectivity index (χ1) is 24.8. The second kappa shape index (κ2) is 16.1. The molecule has 0 spiro atoms. The minimum Gasteiger partial charge on any atom is -0.496 e. The molecular formula is C41H62N4O7S. The summed E-state index contributed by atoms with van der Waals surface area (Å²) in [6, 6.07) is 11.4. The summed E-state index contributed by atoms with van der Waals surface area (Å²) in [7, 11) is 1.48. The first-order valence-electron chi connectivity index (χ1n) is 19.0. The molecule has 2 bridgehead atoms. The van der Waals surface area contributed by atoms with Gasteiger partial charge in [-0.25, -0.2) is 0 Å². The van der Waals surface area contributed by atoms with Gasteiger partial charge in [0.25, 0.3) is 10.0 Å². The third-order valence-corrected chi connectivity index (χ3v) is 13.3. The van der Waals surface area contributed by atoms with Crippen LogP contribution in [0.1, 0.15) is 73.3 Å². The van der Waals surface area contributed by atoms with E-state index in [1.165, 1.54) is 6.42 Å². The van der Waals surface area contributed by atoms with E-state index < -0.39 is 34.2 Å². The van der Waals surface area contributed by atoms with E-state index >= 15 is 0 Å². The number of para-hydroxylation sites is 1. The van der Waals surface area contributed by atoms with E-state index in [2.05, 4.69) is 51.3 Å². The lowest BCUT2D eigenvalue weighted by atomic mass is 9.45. The number of methoxy groups -OCH3 is 1. The Hall–Kier alpha value is -2.87. The Balaban J connectivity index is 1.41. The lowest BCUT2D eigenvalue weighted by molar-refractivity contribution is -0.183. The molecule has 6 rings (SSSR count). The number of aliphatic hydroxyl groups excluding tert-OH is 2. The molecule has 4 fully saturated rings. The Morgan fingerprint density at radius 1 is 1.19 bits per heavy atom. The lowest BCUT2D eigenvalue weighted by Crippen LogP contribution is -2.62. The van der Waals surface area contributed by atoms with Gasteiger partial charge < -0.3 is 25.2 Å². The average molecular weight is 755 g/mol. The number of benzene rings is 2. The van der Waals surface area contributed by atoms with Crippen LogP contribution < -0.4 is 10.1 Å². The third kappa shape index (κ3) is 9.00. The van der Waals surface area contributed by atoms with Crippen molar-refractivity contribution < 1.29 is 33.0 Å². The van der Waals surface area contributed by atoms with E-state index in [4.69, 9.17) is 9.57 Å². The number of amides is 1. The van der Waals surface area contributed by atoms with Crippen molar-refractivity contribution in [1.82, 2.24) is 15.3 Å². The van der Waals surface area contributed by atoms with Crippen LogP contribution in [0.5, 0.6) is 5.75 Å². The van der Waals surface area contributed by atoms with Gasteiger partial charge >= 0.3 is 0 Å². The van der Waals surface area contributed by atoms with Crippen LogP contribution in [0, 0.1) is 40.4 Å². The summed E-state index contributed by atoms with van der Waals surface area (Å²) in [6.45, 7) is 15.3. The second-order valence-electron chi connectivity index (χ2n) is 17.8. The zero-order valence-corrected chi connectivity index (χ0v) is 34.1. The molecule has 1 saturated heterocycles. The van der Waals surface area contributed by atoms with Crippen LogP contribution >= 0.6 is 0 Å². The number of fused-ring (bicyclic) bond motifs is 2. The predicted molar refractivity (Wildman–Crippen MR) is 208 cm³/mol. The number of hydroxylamine groups is 2. The molecule has 1 amide bonds. The standard InChI is InChI=1S/C41H62N4O7S/c1-25-33-18-30(41(33,6)7)19-34(25)43-39(48)37-36(26(2)47)35(24-46)52-45(37)23-29-14-12-16-32(38(29)51-10)28-13-11-15-31(17-28)53(49,50)42-21-27(22-44(8)9)20-40(3,4)5/h11-17,21,25-27,30,33-37,46-47H,18-20,22-24H2,1-10H3,(H,43,48)/b42-21-/t25-,26-,27?,30+,33-,34-,35-,36+,37-/m0/s1. The maximum absolute atomic E-state index is 14.2. The number of nitrogens with one attached hydrogen (secondary N) is 1. The molecule has 3 saturated carbocycles. The molecule has 11 nitrogen and oxygen atoms in total. The molecule has 53 heavy (non-hydrogen) atoms. The first kappa shape index (κ1) is 41.3.